The average molecular weight is 456 g/mol. The fourth-order valence-electron chi connectivity index (χ4n) is 3.43. The van der Waals surface area contributed by atoms with Crippen molar-refractivity contribution < 1.29 is 4.79 Å². The lowest BCUT2D eigenvalue weighted by atomic mass is 9.96. The van der Waals surface area contributed by atoms with Gasteiger partial charge in [0, 0.05) is 41.0 Å². The Morgan fingerprint density at radius 3 is 2.54 bits per heavy atom. The van der Waals surface area contributed by atoms with Gasteiger partial charge in [0.05, 0.1) is 5.69 Å². The number of aromatic nitrogens is 1. The van der Waals surface area contributed by atoms with Crippen molar-refractivity contribution >= 4 is 38.3 Å². The maximum atomic E-state index is 12.5. The molecule has 28 heavy (non-hydrogen) atoms. The molecule has 2 aromatic carbocycles. The monoisotopic (exact) mass is 455 g/mol. The van der Waals surface area contributed by atoms with Crippen LogP contribution in [0.25, 0.3) is 11.3 Å². The highest BCUT2D eigenvalue weighted by molar-refractivity contribution is 9.10. The summed E-state index contributed by atoms with van der Waals surface area (Å²) in [4.78, 5) is 19.6. The van der Waals surface area contributed by atoms with Gasteiger partial charge in [-0.2, -0.15) is 0 Å². The van der Waals surface area contributed by atoms with E-state index in [0.717, 1.165) is 52.4 Å². The molecule has 1 saturated heterocycles. The van der Waals surface area contributed by atoms with Gasteiger partial charge in [-0.05, 0) is 30.5 Å². The van der Waals surface area contributed by atoms with Crippen molar-refractivity contribution in [1.29, 1.82) is 0 Å². The van der Waals surface area contributed by atoms with Gasteiger partial charge < -0.3 is 10.2 Å². The van der Waals surface area contributed by atoms with Gasteiger partial charge in [0.25, 0.3) is 0 Å². The summed E-state index contributed by atoms with van der Waals surface area (Å²) >= 11 is 5.14. The Kier molecular flexibility index (Phi) is 6.07. The number of nitrogens with one attached hydrogen (secondary N) is 1. The van der Waals surface area contributed by atoms with Crippen LogP contribution in [0.2, 0.25) is 0 Å². The molecular formula is C22H22BrN3OS. The lowest BCUT2D eigenvalue weighted by molar-refractivity contribution is -0.125. The van der Waals surface area contributed by atoms with E-state index in [4.69, 9.17) is 4.98 Å². The molecule has 144 valence electrons. The molecule has 0 saturated carbocycles. The number of carbonyl (C=O) groups is 1. The van der Waals surface area contributed by atoms with Gasteiger partial charge in [-0.25, -0.2) is 4.98 Å². The van der Waals surface area contributed by atoms with E-state index < -0.39 is 0 Å². The van der Waals surface area contributed by atoms with Crippen LogP contribution < -0.4 is 10.2 Å². The number of amides is 1. The highest BCUT2D eigenvalue weighted by atomic mass is 79.9. The summed E-state index contributed by atoms with van der Waals surface area (Å²) in [6.45, 7) is 2.34. The zero-order chi connectivity index (χ0) is 19.3. The van der Waals surface area contributed by atoms with Crippen LogP contribution in [0.1, 0.15) is 18.4 Å². The van der Waals surface area contributed by atoms with Crippen LogP contribution in [0.4, 0.5) is 5.13 Å². The Morgan fingerprint density at radius 2 is 1.82 bits per heavy atom. The van der Waals surface area contributed by atoms with Crippen molar-refractivity contribution in [2.45, 2.75) is 19.4 Å². The summed E-state index contributed by atoms with van der Waals surface area (Å²) in [5.41, 5.74) is 3.27. The molecule has 6 heteroatoms. The molecular weight excluding hydrogens is 434 g/mol. The van der Waals surface area contributed by atoms with Crippen LogP contribution in [-0.4, -0.2) is 24.0 Å². The standard InChI is InChI=1S/C22H22BrN3OS/c23-19-8-6-17(7-9-19)20-15-28-22(25-20)26-12-10-18(11-13-26)21(27)24-14-16-4-2-1-3-5-16/h1-9,15,18H,10-14H2,(H,24,27). The van der Waals surface area contributed by atoms with Gasteiger partial charge in [-0.1, -0.05) is 58.4 Å². The molecule has 2 heterocycles. The Balaban J connectivity index is 1.30. The van der Waals surface area contributed by atoms with Gasteiger partial charge in [0.15, 0.2) is 5.13 Å². The molecule has 0 unspecified atom stereocenters. The molecule has 0 aliphatic carbocycles. The molecule has 1 N–H and O–H groups in total. The summed E-state index contributed by atoms with van der Waals surface area (Å²) < 4.78 is 1.07. The van der Waals surface area contributed by atoms with E-state index in [9.17, 15) is 4.79 Å². The lowest BCUT2D eigenvalue weighted by Crippen LogP contribution is -2.40. The first-order chi connectivity index (χ1) is 13.7. The summed E-state index contributed by atoms with van der Waals surface area (Å²) in [6, 6.07) is 18.3. The molecule has 1 aromatic heterocycles. The van der Waals surface area contributed by atoms with Crippen molar-refractivity contribution in [2.24, 2.45) is 5.92 Å². The fraction of sp³-hybridized carbons (Fsp3) is 0.273. The Labute approximate surface area is 177 Å². The minimum absolute atomic E-state index is 0.0888. The maximum Gasteiger partial charge on any atom is 0.223 e. The Bertz CT molecular complexity index is 918. The number of thiazole rings is 1. The fourth-order valence-corrected chi connectivity index (χ4v) is 4.58. The van der Waals surface area contributed by atoms with E-state index in [1.165, 1.54) is 0 Å². The molecule has 1 amide bonds. The van der Waals surface area contributed by atoms with Gasteiger partial charge in [-0.3, -0.25) is 4.79 Å². The van der Waals surface area contributed by atoms with Crippen molar-refractivity contribution in [1.82, 2.24) is 10.3 Å². The molecule has 3 aromatic rings. The third-order valence-electron chi connectivity index (χ3n) is 5.08. The molecule has 4 rings (SSSR count). The van der Waals surface area contributed by atoms with Crippen LogP contribution >= 0.6 is 27.3 Å². The number of nitrogens with zero attached hydrogens (tertiary/aromatic N) is 2. The predicted molar refractivity (Wildman–Crippen MR) is 118 cm³/mol. The van der Waals surface area contributed by atoms with Crippen LogP contribution in [0.5, 0.6) is 0 Å². The van der Waals surface area contributed by atoms with Crippen molar-refractivity contribution in [3.8, 4) is 11.3 Å². The largest absolute Gasteiger partial charge is 0.352 e. The van der Waals surface area contributed by atoms with Crippen LogP contribution in [0.15, 0.2) is 64.5 Å². The first-order valence-corrected chi connectivity index (χ1v) is 11.1. The maximum absolute atomic E-state index is 12.5. The number of carbonyl (C=O) groups excluding carboxylic acids is 1. The zero-order valence-corrected chi connectivity index (χ0v) is 17.9. The summed E-state index contributed by atoms with van der Waals surface area (Å²) in [5, 5.41) is 6.23. The highest BCUT2D eigenvalue weighted by Gasteiger charge is 2.26. The van der Waals surface area contributed by atoms with E-state index >= 15 is 0 Å². The molecule has 0 atom stereocenters. The molecule has 1 aliphatic rings. The number of rotatable bonds is 5. The first-order valence-electron chi connectivity index (χ1n) is 9.47. The second kappa shape index (κ2) is 8.88. The van der Waals surface area contributed by atoms with E-state index in [0.29, 0.717) is 6.54 Å². The second-order valence-corrected chi connectivity index (χ2v) is 8.74. The number of hydrogen-bond donors (Lipinski definition) is 1. The first kappa shape index (κ1) is 19.2. The third-order valence-corrected chi connectivity index (χ3v) is 6.51. The molecule has 0 spiro atoms. The van der Waals surface area contributed by atoms with Crippen molar-refractivity contribution in [3.63, 3.8) is 0 Å². The normalized spacial score (nSPS) is 14.8. The quantitative estimate of drug-likeness (QED) is 0.581. The predicted octanol–water partition coefficient (Wildman–Crippen LogP) is 5.11. The van der Waals surface area contributed by atoms with Crippen LogP contribution in [0.3, 0.4) is 0 Å². The molecule has 0 bridgehead atoms. The lowest BCUT2D eigenvalue weighted by Gasteiger charge is -2.31. The average Bonchev–Trinajstić information content (AvgIpc) is 3.24. The summed E-state index contributed by atoms with van der Waals surface area (Å²) in [7, 11) is 0. The topological polar surface area (TPSA) is 45.2 Å². The second-order valence-electron chi connectivity index (χ2n) is 6.99. The summed E-state index contributed by atoms with van der Waals surface area (Å²) in [6.07, 6.45) is 1.74. The molecule has 4 nitrogen and oxygen atoms in total. The SMILES string of the molecule is O=C(NCc1ccccc1)C1CCN(c2nc(-c3ccc(Br)cc3)cs2)CC1. The van der Waals surface area contributed by atoms with Gasteiger partial charge in [-0.15, -0.1) is 11.3 Å². The number of benzene rings is 2. The minimum atomic E-state index is 0.0888. The van der Waals surface area contributed by atoms with E-state index in [-0.39, 0.29) is 11.8 Å². The van der Waals surface area contributed by atoms with Gasteiger partial charge >= 0.3 is 0 Å². The smallest absolute Gasteiger partial charge is 0.223 e. The summed E-state index contributed by atoms with van der Waals surface area (Å²) in [5.74, 6) is 0.254. The number of halogens is 1. The number of hydrogen-bond acceptors (Lipinski definition) is 4. The molecule has 1 fully saturated rings. The van der Waals surface area contributed by atoms with Gasteiger partial charge in [0.2, 0.25) is 5.91 Å². The van der Waals surface area contributed by atoms with Crippen LogP contribution in [0, 0.1) is 5.92 Å². The number of anilines is 1. The van der Waals surface area contributed by atoms with Gasteiger partial charge in [0.1, 0.15) is 0 Å². The molecule has 0 radical (unpaired) electrons. The number of piperidine rings is 1. The van der Waals surface area contributed by atoms with E-state index in [1.54, 1.807) is 11.3 Å². The minimum Gasteiger partial charge on any atom is -0.352 e. The van der Waals surface area contributed by atoms with E-state index in [2.05, 4.69) is 43.7 Å². The Hall–Kier alpha value is -2.18. The Morgan fingerprint density at radius 1 is 1.11 bits per heavy atom. The van der Waals surface area contributed by atoms with Crippen LogP contribution in [-0.2, 0) is 11.3 Å². The zero-order valence-electron chi connectivity index (χ0n) is 15.5. The molecule has 1 aliphatic heterocycles. The van der Waals surface area contributed by atoms with Crippen molar-refractivity contribution in [3.05, 3.63) is 70.0 Å². The third kappa shape index (κ3) is 4.62. The highest BCUT2D eigenvalue weighted by Crippen LogP contribution is 2.31. The van der Waals surface area contributed by atoms with E-state index in [1.807, 2.05) is 42.5 Å². The van der Waals surface area contributed by atoms with Crippen molar-refractivity contribution in [2.75, 3.05) is 18.0 Å².